The number of amides is 1. The summed E-state index contributed by atoms with van der Waals surface area (Å²) in [7, 11) is 0. The molecule has 3 aromatic heterocycles. The van der Waals surface area contributed by atoms with Crippen molar-refractivity contribution in [1.29, 1.82) is 0 Å². The van der Waals surface area contributed by atoms with Crippen LogP contribution in [-0.2, 0) is 0 Å². The quantitative estimate of drug-likeness (QED) is 0.579. The first-order chi connectivity index (χ1) is 13.5. The zero-order valence-electron chi connectivity index (χ0n) is 14.7. The highest BCUT2D eigenvalue weighted by molar-refractivity contribution is 9.10. The molecule has 10 heteroatoms. The zero-order chi connectivity index (χ0) is 19.7. The highest BCUT2D eigenvalue weighted by Crippen LogP contribution is 2.33. The van der Waals surface area contributed by atoms with Gasteiger partial charge in [0.2, 0.25) is 5.95 Å². The third-order valence-corrected chi connectivity index (χ3v) is 5.04. The van der Waals surface area contributed by atoms with Crippen LogP contribution in [0.4, 0.5) is 14.5 Å². The van der Waals surface area contributed by atoms with Crippen molar-refractivity contribution < 1.29 is 18.0 Å². The second-order valence-electron chi connectivity index (χ2n) is 6.57. The van der Waals surface area contributed by atoms with Crippen LogP contribution in [0.1, 0.15) is 48.6 Å². The minimum Gasteiger partial charge on any atom is -0.439 e. The van der Waals surface area contributed by atoms with Crippen molar-refractivity contribution in [2.75, 3.05) is 5.32 Å². The highest BCUT2D eigenvalue weighted by atomic mass is 79.9. The lowest BCUT2D eigenvalue weighted by atomic mass is 9.96. The van der Waals surface area contributed by atoms with Crippen LogP contribution in [0.5, 0.6) is 0 Å². The van der Waals surface area contributed by atoms with Crippen molar-refractivity contribution in [3.8, 4) is 11.4 Å². The van der Waals surface area contributed by atoms with E-state index in [2.05, 4.69) is 36.3 Å². The van der Waals surface area contributed by atoms with E-state index in [0.717, 1.165) is 44.2 Å². The number of nitrogens with one attached hydrogen (secondary N) is 1. The molecule has 1 fully saturated rings. The van der Waals surface area contributed by atoms with E-state index in [1.54, 1.807) is 10.9 Å². The Morgan fingerprint density at radius 1 is 1.18 bits per heavy atom. The number of hydrogen-bond acceptors (Lipinski definition) is 5. The fourth-order valence-corrected chi connectivity index (χ4v) is 3.60. The summed E-state index contributed by atoms with van der Waals surface area (Å²) in [5.74, 6) is -2.12. The molecule has 0 saturated heterocycles. The molecular formula is C18H16BrF2N5O2. The maximum atomic E-state index is 14.3. The Balaban J connectivity index is 1.73. The van der Waals surface area contributed by atoms with Crippen molar-refractivity contribution in [2.45, 2.75) is 38.1 Å². The van der Waals surface area contributed by atoms with Crippen LogP contribution in [-0.4, -0.2) is 25.7 Å². The maximum absolute atomic E-state index is 14.3. The first kappa shape index (κ1) is 18.7. The van der Waals surface area contributed by atoms with Gasteiger partial charge in [0, 0.05) is 22.1 Å². The summed E-state index contributed by atoms with van der Waals surface area (Å²) < 4.78 is 34.6. The van der Waals surface area contributed by atoms with Gasteiger partial charge in [0.05, 0.1) is 11.7 Å². The number of pyridine rings is 1. The molecular weight excluding hydrogens is 436 g/mol. The number of halogens is 3. The van der Waals surface area contributed by atoms with Crippen molar-refractivity contribution >= 4 is 27.5 Å². The summed E-state index contributed by atoms with van der Waals surface area (Å²) in [5.41, 5.74) is 0.0762. The average molecular weight is 452 g/mol. The van der Waals surface area contributed by atoms with Gasteiger partial charge in [0.1, 0.15) is 17.7 Å². The summed E-state index contributed by atoms with van der Waals surface area (Å²) in [6, 6.07) is 2.05. The molecule has 0 radical (unpaired) electrons. The molecule has 0 spiro atoms. The van der Waals surface area contributed by atoms with Crippen LogP contribution in [0.15, 0.2) is 33.8 Å². The molecule has 0 unspecified atom stereocenters. The molecule has 7 nitrogen and oxygen atoms in total. The van der Waals surface area contributed by atoms with Crippen molar-refractivity contribution in [2.24, 2.45) is 0 Å². The fraction of sp³-hybridized carbons (Fsp3) is 0.333. The second-order valence-corrected chi connectivity index (χ2v) is 7.25. The first-order valence-electron chi connectivity index (χ1n) is 8.85. The van der Waals surface area contributed by atoms with E-state index in [1.165, 1.54) is 6.26 Å². The minimum absolute atomic E-state index is 0.0379. The number of aromatic nitrogens is 4. The third-order valence-electron chi connectivity index (χ3n) is 4.67. The lowest BCUT2D eigenvalue weighted by Crippen LogP contribution is -2.14. The highest BCUT2D eigenvalue weighted by Gasteiger charge is 2.24. The molecule has 28 heavy (non-hydrogen) atoms. The molecule has 1 saturated carbocycles. The molecule has 0 bridgehead atoms. The van der Waals surface area contributed by atoms with E-state index in [9.17, 15) is 13.6 Å². The number of carbonyl (C=O) groups excluding carboxylic acids is 1. The number of anilines is 1. The average Bonchev–Trinajstić information content (AvgIpc) is 3.31. The number of hydrogen-bond donors (Lipinski definition) is 1. The SMILES string of the molecule is O=C(Nc1cn(C2CCCCC2)nc1-c1nc(F)ccc1F)c1coc(Br)n1. The predicted octanol–water partition coefficient (Wildman–Crippen LogP) is 4.73. The summed E-state index contributed by atoms with van der Waals surface area (Å²) in [4.78, 5) is 20.2. The molecule has 0 atom stereocenters. The fourth-order valence-electron chi connectivity index (χ4n) is 3.32. The maximum Gasteiger partial charge on any atom is 0.277 e. The van der Waals surface area contributed by atoms with Gasteiger partial charge in [-0.15, -0.1) is 0 Å². The first-order valence-corrected chi connectivity index (χ1v) is 9.64. The Labute approximate surface area is 167 Å². The van der Waals surface area contributed by atoms with E-state index in [-0.39, 0.29) is 33.6 Å². The Morgan fingerprint density at radius 2 is 1.96 bits per heavy atom. The number of oxazole rings is 1. The second kappa shape index (κ2) is 7.78. The zero-order valence-corrected chi connectivity index (χ0v) is 16.2. The Bertz CT molecular complexity index is 1010. The van der Waals surface area contributed by atoms with E-state index in [1.807, 2.05) is 0 Å². The van der Waals surface area contributed by atoms with E-state index < -0.39 is 17.7 Å². The molecule has 3 aromatic rings. The van der Waals surface area contributed by atoms with Gasteiger partial charge in [-0.1, -0.05) is 19.3 Å². The Morgan fingerprint density at radius 3 is 2.68 bits per heavy atom. The monoisotopic (exact) mass is 451 g/mol. The summed E-state index contributed by atoms with van der Waals surface area (Å²) in [5, 5.41) is 7.09. The normalized spacial score (nSPS) is 15.0. The Hall–Kier alpha value is -2.62. The molecule has 146 valence electrons. The number of carbonyl (C=O) groups is 1. The van der Waals surface area contributed by atoms with Crippen molar-refractivity contribution in [3.63, 3.8) is 0 Å². The van der Waals surface area contributed by atoms with Gasteiger partial charge in [0.15, 0.2) is 11.5 Å². The molecule has 3 heterocycles. The van der Waals surface area contributed by atoms with Crippen molar-refractivity contribution in [1.82, 2.24) is 19.7 Å². The van der Waals surface area contributed by atoms with E-state index in [0.29, 0.717) is 0 Å². The van der Waals surface area contributed by atoms with E-state index in [4.69, 9.17) is 4.42 Å². The number of nitrogens with zero attached hydrogens (tertiary/aromatic N) is 4. The summed E-state index contributed by atoms with van der Waals surface area (Å²) in [6.07, 6.45) is 7.99. The molecule has 0 aromatic carbocycles. The molecule has 1 aliphatic carbocycles. The summed E-state index contributed by atoms with van der Waals surface area (Å²) in [6.45, 7) is 0. The van der Waals surface area contributed by atoms with Gasteiger partial charge < -0.3 is 9.73 Å². The molecule has 1 aliphatic rings. The van der Waals surface area contributed by atoms with Crippen LogP contribution in [0.2, 0.25) is 0 Å². The van der Waals surface area contributed by atoms with Crippen LogP contribution in [0.3, 0.4) is 0 Å². The van der Waals surface area contributed by atoms with Gasteiger partial charge in [-0.2, -0.15) is 14.5 Å². The molecule has 1 amide bonds. The number of rotatable bonds is 4. The van der Waals surface area contributed by atoms with Gasteiger partial charge in [0.25, 0.3) is 10.7 Å². The molecule has 1 N–H and O–H groups in total. The van der Waals surface area contributed by atoms with Crippen LogP contribution in [0.25, 0.3) is 11.4 Å². The third kappa shape index (κ3) is 3.82. The predicted molar refractivity (Wildman–Crippen MR) is 99.7 cm³/mol. The lowest BCUT2D eigenvalue weighted by molar-refractivity contribution is 0.102. The van der Waals surface area contributed by atoms with Gasteiger partial charge in [-0.3, -0.25) is 9.48 Å². The largest absolute Gasteiger partial charge is 0.439 e. The molecule has 0 aliphatic heterocycles. The van der Waals surface area contributed by atoms with Crippen molar-refractivity contribution in [3.05, 3.63) is 46.9 Å². The Kier molecular flexibility index (Phi) is 5.21. The lowest BCUT2D eigenvalue weighted by Gasteiger charge is -2.21. The van der Waals surface area contributed by atoms with E-state index >= 15 is 0 Å². The topological polar surface area (TPSA) is 85.8 Å². The van der Waals surface area contributed by atoms with Gasteiger partial charge in [-0.25, -0.2) is 9.37 Å². The van der Waals surface area contributed by atoms with Crippen LogP contribution in [0, 0.1) is 11.8 Å². The standard InChI is InChI=1S/C18H16BrF2N5O2/c19-18-23-13(9-28-18)17(27)22-12-8-26(10-4-2-1-3-5-10)25-16(12)15-11(20)6-7-14(21)24-15/h6-10H,1-5H2,(H,22,27). The minimum atomic E-state index is -0.832. The summed E-state index contributed by atoms with van der Waals surface area (Å²) >= 11 is 3.04. The van der Waals surface area contributed by atoms with Crippen LogP contribution >= 0.6 is 15.9 Å². The van der Waals surface area contributed by atoms with Gasteiger partial charge >= 0.3 is 0 Å². The van der Waals surface area contributed by atoms with Gasteiger partial charge in [-0.05, 0) is 25.0 Å². The smallest absolute Gasteiger partial charge is 0.277 e. The molecule has 4 rings (SSSR count). The van der Waals surface area contributed by atoms with Crippen LogP contribution < -0.4 is 5.32 Å².